The molecule has 0 saturated heterocycles. The smallest absolute Gasteiger partial charge is 0.233 e. The van der Waals surface area contributed by atoms with E-state index >= 15 is 0 Å². The summed E-state index contributed by atoms with van der Waals surface area (Å²) in [6.07, 6.45) is 5.88. The van der Waals surface area contributed by atoms with Gasteiger partial charge in [-0.3, -0.25) is 4.79 Å². The molecule has 0 bridgehead atoms. The van der Waals surface area contributed by atoms with Crippen LogP contribution in [0.1, 0.15) is 77.1 Å². The van der Waals surface area contributed by atoms with Gasteiger partial charge in [0.25, 0.3) is 0 Å². The molecule has 1 aliphatic carbocycles. The van der Waals surface area contributed by atoms with Gasteiger partial charge < -0.3 is 15.5 Å². The van der Waals surface area contributed by atoms with Gasteiger partial charge in [-0.15, -0.1) is 10.2 Å². The Balaban J connectivity index is 1.55. The number of rotatable bonds is 9. The van der Waals surface area contributed by atoms with Crippen molar-refractivity contribution < 1.29 is 9.53 Å². The standard InChI is InChI=1S/C23H35N5O2S/c1-16(2)18-10-12-20(13-11-18)30-14-21-25-26-23(28(21)24)31-15-22(29)27(17(3)4)19-8-6-5-7-9-19/h10-13,16-17,19H,5-9,14-15,24H2,1-4H3. The van der Waals surface area contributed by atoms with Gasteiger partial charge in [-0.1, -0.05) is 57.0 Å². The topological polar surface area (TPSA) is 86.3 Å². The van der Waals surface area contributed by atoms with Crippen molar-refractivity contribution in [3.63, 3.8) is 0 Å². The molecule has 2 aromatic rings. The number of carbonyl (C=O) groups is 1. The third kappa shape index (κ3) is 6.15. The minimum atomic E-state index is 0.137. The zero-order chi connectivity index (χ0) is 22.4. The molecule has 1 fully saturated rings. The number of hydrogen-bond acceptors (Lipinski definition) is 6. The summed E-state index contributed by atoms with van der Waals surface area (Å²) >= 11 is 1.33. The molecule has 1 heterocycles. The highest BCUT2D eigenvalue weighted by molar-refractivity contribution is 7.99. The Kier molecular flexibility index (Phi) is 8.23. The lowest BCUT2D eigenvalue weighted by Gasteiger charge is -2.37. The fourth-order valence-corrected chi connectivity index (χ4v) is 4.82. The van der Waals surface area contributed by atoms with E-state index in [1.807, 2.05) is 17.0 Å². The first-order chi connectivity index (χ1) is 14.9. The lowest BCUT2D eigenvalue weighted by Crippen LogP contribution is -2.46. The summed E-state index contributed by atoms with van der Waals surface area (Å²) in [7, 11) is 0. The van der Waals surface area contributed by atoms with Crippen LogP contribution in [0.2, 0.25) is 0 Å². The number of nitrogens with zero attached hydrogens (tertiary/aromatic N) is 4. The number of amides is 1. The average molecular weight is 446 g/mol. The van der Waals surface area contributed by atoms with Crippen LogP contribution in [0.15, 0.2) is 29.4 Å². The summed E-state index contributed by atoms with van der Waals surface area (Å²) < 4.78 is 7.23. The maximum Gasteiger partial charge on any atom is 0.233 e. The molecule has 170 valence electrons. The molecule has 1 saturated carbocycles. The predicted octanol–water partition coefficient (Wildman–Crippen LogP) is 4.36. The Bertz CT molecular complexity index is 844. The Morgan fingerprint density at radius 1 is 1.16 bits per heavy atom. The van der Waals surface area contributed by atoms with Gasteiger partial charge in [-0.2, -0.15) is 0 Å². The average Bonchev–Trinajstić information content (AvgIpc) is 3.11. The Morgan fingerprint density at radius 2 is 1.84 bits per heavy atom. The van der Waals surface area contributed by atoms with Gasteiger partial charge in [0.1, 0.15) is 12.4 Å². The first kappa shape index (κ1) is 23.4. The van der Waals surface area contributed by atoms with Gasteiger partial charge in [0, 0.05) is 12.1 Å². The van der Waals surface area contributed by atoms with E-state index in [0.29, 0.717) is 28.7 Å². The fourth-order valence-electron chi connectivity index (χ4n) is 4.07. The van der Waals surface area contributed by atoms with Gasteiger partial charge >= 0.3 is 0 Å². The van der Waals surface area contributed by atoms with Crippen molar-refractivity contribution in [1.82, 2.24) is 19.8 Å². The van der Waals surface area contributed by atoms with Crippen LogP contribution in [0.5, 0.6) is 5.75 Å². The molecule has 0 radical (unpaired) electrons. The van der Waals surface area contributed by atoms with Crippen molar-refractivity contribution in [3.05, 3.63) is 35.7 Å². The van der Waals surface area contributed by atoms with Gasteiger partial charge in [-0.05, 0) is 50.3 Å². The molecule has 0 atom stereocenters. The van der Waals surface area contributed by atoms with Crippen molar-refractivity contribution in [1.29, 1.82) is 0 Å². The van der Waals surface area contributed by atoms with Gasteiger partial charge in [-0.25, -0.2) is 4.68 Å². The van der Waals surface area contributed by atoms with Crippen LogP contribution < -0.4 is 10.6 Å². The van der Waals surface area contributed by atoms with Gasteiger partial charge in [0.15, 0.2) is 5.82 Å². The van der Waals surface area contributed by atoms with E-state index in [4.69, 9.17) is 10.6 Å². The minimum Gasteiger partial charge on any atom is -0.486 e. The third-order valence-corrected chi connectivity index (χ3v) is 6.71. The van der Waals surface area contributed by atoms with Crippen LogP contribution in [0.3, 0.4) is 0 Å². The number of carbonyl (C=O) groups excluding carboxylic acids is 1. The zero-order valence-electron chi connectivity index (χ0n) is 19.1. The number of nitrogens with two attached hydrogens (primary N) is 1. The Hall–Kier alpha value is -2.22. The number of thioether (sulfide) groups is 1. The highest BCUT2D eigenvalue weighted by Gasteiger charge is 2.28. The van der Waals surface area contributed by atoms with Crippen LogP contribution in [-0.2, 0) is 11.4 Å². The molecule has 1 aromatic heterocycles. The number of ether oxygens (including phenoxy) is 1. The predicted molar refractivity (Wildman–Crippen MR) is 125 cm³/mol. The Morgan fingerprint density at radius 3 is 2.45 bits per heavy atom. The van der Waals surface area contributed by atoms with Gasteiger partial charge in [0.05, 0.1) is 5.75 Å². The van der Waals surface area contributed by atoms with Crippen molar-refractivity contribution in [2.75, 3.05) is 11.6 Å². The van der Waals surface area contributed by atoms with Crippen LogP contribution in [0.25, 0.3) is 0 Å². The molecule has 0 aliphatic heterocycles. The van der Waals surface area contributed by atoms with Crippen LogP contribution >= 0.6 is 11.8 Å². The normalized spacial score (nSPS) is 14.9. The molecule has 1 aromatic carbocycles. The molecule has 0 unspecified atom stereocenters. The number of aromatic nitrogens is 3. The first-order valence-corrected chi connectivity index (χ1v) is 12.2. The molecule has 2 N–H and O–H groups in total. The Labute approximate surface area is 189 Å². The molecule has 1 aliphatic rings. The van der Waals surface area contributed by atoms with Crippen molar-refractivity contribution in [3.8, 4) is 5.75 Å². The monoisotopic (exact) mass is 445 g/mol. The van der Waals surface area contributed by atoms with E-state index in [1.165, 1.54) is 41.3 Å². The van der Waals surface area contributed by atoms with Crippen molar-refractivity contribution >= 4 is 17.7 Å². The van der Waals surface area contributed by atoms with E-state index in [9.17, 15) is 4.79 Å². The number of benzene rings is 1. The fraction of sp³-hybridized carbons (Fsp3) is 0.609. The quantitative estimate of drug-likeness (QED) is 0.456. The summed E-state index contributed by atoms with van der Waals surface area (Å²) in [6, 6.07) is 8.57. The van der Waals surface area contributed by atoms with Gasteiger partial charge in [0.2, 0.25) is 11.1 Å². The highest BCUT2D eigenvalue weighted by atomic mass is 32.2. The first-order valence-electron chi connectivity index (χ1n) is 11.2. The summed E-state index contributed by atoms with van der Waals surface area (Å²) in [5.41, 5.74) is 1.27. The summed E-state index contributed by atoms with van der Waals surface area (Å²) in [5, 5.41) is 8.82. The molecular formula is C23H35N5O2S. The van der Waals surface area contributed by atoms with Crippen molar-refractivity contribution in [2.45, 2.75) is 89.6 Å². The zero-order valence-corrected chi connectivity index (χ0v) is 19.9. The van der Waals surface area contributed by atoms with Crippen LogP contribution in [-0.4, -0.2) is 43.5 Å². The minimum absolute atomic E-state index is 0.137. The highest BCUT2D eigenvalue weighted by Crippen LogP contribution is 2.26. The number of hydrogen-bond donors (Lipinski definition) is 1. The molecule has 31 heavy (non-hydrogen) atoms. The van der Waals surface area contributed by atoms with E-state index in [-0.39, 0.29) is 18.6 Å². The van der Waals surface area contributed by atoms with Crippen molar-refractivity contribution in [2.24, 2.45) is 0 Å². The van der Waals surface area contributed by atoms with E-state index < -0.39 is 0 Å². The van der Waals surface area contributed by atoms with Crippen LogP contribution in [0, 0.1) is 0 Å². The maximum atomic E-state index is 12.9. The molecule has 7 nitrogen and oxygen atoms in total. The van der Waals surface area contributed by atoms with E-state index in [1.54, 1.807) is 0 Å². The summed E-state index contributed by atoms with van der Waals surface area (Å²) in [4.78, 5) is 15.0. The molecule has 0 spiro atoms. The molecule has 1 amide bonds. The van der Waals surface area contributed by atoms with Crippen LogP contribution in [0.4, 0.5) is 0 Å². The molecular weight excluding hydrogens is 410 g/mol. The lowest BCUT2D eigenvalue weighted by atomic mass is 9.93. The summed E-state index contributed by atoms with van der Waals surface area (Å²) in [6.45, 7) is 8.72. The second kappa shape index (κ2) is 10.9. The SMILES string of the molecule is CC(C)c1ccc(OCc2nnc(SCC(=O)N(C(C)C)C3CCCCC3)n2N)cc1. The lowest BCUT2D eigenvalue weighted by molar-refractivity contribution is -0.133. The molecule has 8 heteroatoms. The second-order valence-corrected chi connectivity index (χ2v) is 9.70. The largest absolute Gasteiger partial charge is 0.486 e. The number of nitrogen functional groups attached to an aromatic ring is 1. The maximum absolute atomic E-state index is 12.9. The molecule has 3 rings (SSSR count). The van der Waals surface area contributed by atoms with E-state index in [2.05, 4.69) is 50.0 Å². The second-order valence-electron chi connectivity index (χ2n) is 8.76. The third-order valence-electron chi connectivity index (χ3n) is 5.79. The summed E-state index contributed by atoms with van der Waals surface area (Å²) in [5.74, 6) is 8.37. The van der Waals surface area contributed by atoms with E-state index in [0.717, 1.165) is 18.6 Å².